The summed E-state index contributed by atoms with van der Waals surface area (Å²) in [6.07, 6.45) is 0. The van der Waals surface area contributed by atoms with Crippen molar-refractivity contribution in [2.24, 2.45) is 0 Å². The molecule has 1 heterocycles. The van der Waals surface area contributed by atoms with Gasteiger partial charge in [0.25, 0.3) is 0 Å². The van der Waals surface area contributed by atoms with Gasteiger partial charge in [0.05, 0.1) is 17.4 Å². The van der Waals surface area contributed by atoms with Crippen molar-refractivity contribution in [1.29, 1.82) is 5.26 Å². The molecule has 1 N–H and O–H groups in total. The van der Waals surface area contributed by atoms with Gasteiger partial charge in [0, 0.05) is 13.1 Å². The Morgan fingerprint density at radius 2 is 1.95 bits per heavy atom. The Labute approximate surface area is 124 Å². The fourth-order valence-corrected chi connectivity index (χ4v) is 4.25. The fraction of sp³-hybridized carbons (Fsp3) is 0.429. The minimum Gasteiger partial charge on any atom is -0.353 e. The van der Waals surface area contributed by atoms with Crippen molar-refractivity contribution >= 4 is 15.9 Å². The van der Waals surface area contributed by atoms with Crippen LogP contribution in [0.2, 0.25) is 0 Å². The van der Waals surface area contributed by atoms with Crippen LogP contribution in [0.1, 0.15) is 25.0 Å². The van der Waals surface area contributed by atoms with Crippen molar-refractivity contribution in [3.63, 3.8) is 0 Å². The Kier molecular flexibility index (Phi) is 4.03. The zero-order valence-electron chi connectivity index (χ0n) is 12.0. The van der Waals surface area contributed by atoms with Crippen molar-refractivity contribution in [2.75, 3.05) is 13.1 Å². The number of hydrogen-bond donors (Lipinski definition) is 1. The van der Waals surface area contributed by atoms with Gasteiger partial charge in [-0.15, -0.1) is 0 Å². The molecule has 112 valence electrons. The zero-order valence-corrected chi connectivity index (χ0v) is 12.8. The highest BCUT2D eigenvalue weighted by atomic mass is 32.2. The number of piperazine rings is 1. The van der Waals surface area contributed by atoms with E-state index in [0.29, 0.717) is 17.7 Å². The van der Waals surface area contributed by atoms with Gasteiger partial charge < -0.3 is 5.32 Å². The molecule has 1 amide bonds. The maximum Gasteiger partial charge on any atom is 0.241 e. The molecule has 1 fully saturated rings. The fourth-order valence-electron chi connectivity index (χ4n) is 2.33. The molecule has 2 rings (SSSR count). The Bertz CT molecular complexity index is 687. The molecule has 1 aromatic carbocycles. The lowest BCUT2D eigenvalue weighted by Gasteiger charge is -2.39. The van der Waals surface area contributed by atoms with E-state index in [-0.39, 0.29) is 18.2 Å². The summed E-state index contributed by atoms with van der Waals surface area (Å²) in [5.74, 6) is -0.479. The number of carbonyl (C=O) groups is 1. The van der Waals surface area contributed by atoms with Crippen LogP contribution in [0.5, 0.6) is 0 Å². The summed E-state index contributed by atoms with van der Waals surface area (Å²) in [5, 5.41) is 11.4. The molecule has 7 heteroatoms. The van der Waals surface area contributed by atoms with Crippen molar-refractivity contribution in [2.45, 2.75) is 25.1 Å². The van der Waals surface area contributed by atoms with Crippen LogP contribution in [0.15, 0.2) is 24.3 Å². The molecule has 0 atom stereocenters. The molecule has 0 radical (unpaired) electrons. The summed E-state index contributed by atoms with van der Waals surface area (Å²) < 4.78 is 26.4. The van der Waals surface area contributed by atoms with Crippen LogP contribution in [-0.4, -0.2) is 37.3 Å². The largest absolute Gasteiger partial charge is 0.353 e. The molecule has 0 unspecified atom stereocenters. The van der Waals surface area contributed by atoms with Crippen LogP contribution < -0.4 is 5.32 Å². The first-order valence-corrected chi connectivity index (χ1v) is 8.16. The third-order valence-corrected chi connectivity index (χ3v) is 5.56. The molecular weight excluding hydrogens is 290 g/mol. The highest BCUT2D eigenvalue weighted by Gasteiger charge is 2.44. The van der Waals surface area contributed by atoms with Crippen molar-refractivity contribution in [3.05, 3.63) is 35.4 Å². The monoisotopic (exact) mass is 307 g/mol. The van der Waals surface area contributed by atoms with Gasteiger partial charge in [-0.25, -0.2) is 8.42 Å². The summed E-state index contributed by atoms with van der Waals surface area (Å²) in [4.78, 5) is 11.9. The Morgan fingerprint density at radius 1 is 1.33 bits per heavy atom. The van der Waals surface area contributed by atoms with Crippen LogP contribution in [0.25, 0.3) is 0 Å². The third kappa shape index (κ3) is 3.06. The third-order valence-electron chi connectivity index (χ3n) is 3.55. The van der Waals surface area contributed by atoms with Gasteiger partial charge in [-0.3, -0.25) is 4.79 Å². The number of sulfonamides is 1. The van der Waals surface area contributed by atoms with E-state index in [0.717, 1.165) is 0 Å². The molecule has 0 aromatic heterocycles. The van der Waals surface area contributed by atoms with E-state index in [1.807, 2.05) is 6.07 Å². The van der Waals surface area contributed by atoms with Gasteiger partial charge in [0.1, 0.15) is 5.54 Å². The van der Waals surface area contributed by atoms with Gasteiger partial charge in [-0.2, -0.15) is 9.57 Å². The molecule has 1 aliphatic rings. The van der Waals surface area contributed by atoms with Crippen LogP contribution in [0.4, 0.5) is 0 Å². The molecule has 0 spiro atoms. The van der Waals surface area contributed by atoms with E-state index in [1.54, 1.807) is 38.1 Å². The lowest BCUT2D eigenvalue weighted by molar-refractivity contribution is -0.131. The first-order chi connectivity index (χ1) is 9.77. The number of amides is 1. The van der Waals surface area contributed by atoms with Gasteiger partial charge in [0.15, 0.2) is 0 Å². The maximum atomic E-state index is 12.6. The molecule has 1 aliphatic heterocycles. The summed E-state index contributed by atoms with van der Waals surface area (Å²) in [5.41, 5.74) is -0.0199. The minimum atomic E-state index is -3.61. The number of nitrogens with zero attached hydrogens (tertiary/aromatic N) is 2. The smallest absolute Gasteiger partial charge is 0.241 e. The highest BCUT2D eigenvalue weighted by molar-refractivity contribution is 7.88. The molecule has 21 heavy (non-hydrogen) atoms. The SMILES string of the molecule is CC1(C)C(=O)NCCN1S(=O)(=O)Cc1ccc(C#N)cc1. The predicted molar refractivity (Wildman–Crippen MR) is 77.6 cm³/mol. The van der Waals surface area contributed by atoms with Crippen LogP contribution >= 0.6 is 0 Å². The Hall–Kier alpha value is -1.91. The normalized spacial score (nSPS) is 18.8. The molecule has 1 saturated heterocycles. The van der Waals surface area contributed by atoms with Crippen LogP contribution in [-0.2, 0) is 20.6 Å². The van der Waals surface area contributed by atoms with E-state index in [9.17, 15) is 13.2 Å². The number of nitrogens with one attached hydrogen (secondary N) is 1. The van der Waals surface area contributed by atoms with E-state index in [4.69, 9.17) is 5.26 Å². The average Bonchev–Trinajstić information content (AvgIpc) is 2.42. The Morgan fingerprint density at radius 3 is 2.52 bits per heavy atom. The minimum absolute atomic E-state index is 0.185. The highest BCUT2D eigenvalue weighted by Crippen LogP contribution is 2.24. The summed E-state index contributed by atoms with van der Waals surface area (Å²) in [7, 11) is -3.61. The summed E-state index contributed by atoms with van der Waals surface area (Å²) >= 11 is 0. The van der Waals surface area contributed by atoms with E-state index < -0.39 is 15.6 Å². The molecule has 0 saturated carbocycles. The van der Waals surface area contributed by atoms with E-state index >= 15 is 0 Å². The molecule has 0 bridgehead atoms. The van der Waals surface area contributed by atoms with Crippen molar-refractivity contribution in [1.82, 2.24) is 9.62 Å². The quantitative estimate of drug-likeness (QED) is 0.885. The second kappa shape index (κ2) is 5.47. The first-order valence-electron chi connectivity index (χ1n) is 6.55. The van der Waals surface area contributed by atoms with Crippen molar-refractivity contribution < 1.29 is 13.2 Å². The standard InChI is InChI=1S/C14H17N3O3S/c1-14(2)13(18)16-7-8-17(14)21(19,20)10-12-5-3-11(9-15)4-6-12/h3-6H,7-8,10H2,1-2H3,(H,16,18). The number of carbonyl (C=O) groups excluding carboxylic acids is 1. The first kappa shape index (κ1) is 15.5. The average molecular weight is 307 g/mol. The summed E-state index contributed by atoms with van der Waals surface area (Å²) in [6, 6.07) is 8.39. The zero-order chi connectivity index (χ0) is 15.7. The van der Waals surface area contributed by atoms with Gasteiger partial charge in [-0.1, -0.05) is 12.1 Å². The summed E-state index contributed by atoms with van der Waals surface area (Å²) in [6.45, 7) is 3.77. The number of nitriles is 1. The van der Waals surface area contributed by atoms with E-state index in [2.05, 4.69) is 5.32 Å². The molecule has 6 nitrogen and oxygen atoms in total. The lowest BCUT2D eigenvalue weighted by Crippen LogP contribution is -2.63. The van der Waals surface area contributed by atoms with Gasteiger partial charge in [0.2, 0.25) is 15.9 Å². The second-order valence-corrected chi connectivity index (χ2v) is 7.35. The molecule has 0 aliphatic carbocycles. The van der Waals surface area contributed by atoms with Crippen LogP contribution in [0.3, 0.4) is 0 Å². The van der Waals surface area contributed by atoms with E-state index in [1.165, 1.54) is 4.31 Å². The Balaban J connectivity index is 2.25. The number of rotatable bonds is 3. The lowest BCUT2D eigenvalue weighted by atomic mass is 10.0. The van der Waals surface area contributed by atoms with Gasteiger partial charge in [-0.05, 0) is 31.5 Å². The van der Waals surface area contributed by atoms with Crippen LogP contribution in [0, 0.1) is 11.3 Å². The molecule has 1 aromatic rings. The topological polar surface area (TPSA) is 90.3 Å². The van der Waals surface area contributed by atoms with Gasteiger partial charge >= 0.3 is 0 Å². The predicted octanol–water partition coefficient (Wildman–Crippen LogP) is 0.598. The van der Waals surface area contributed by atoms with Crippen molar-refractivity contribution in [3.8, 4) is 6.07 Å². The maximum absolute atomic E-state index is 12.6. The second-order valence-electron chi connectivity index (χ2n) is 5.45. The number of benzene rings is 1. The molecular formula is C14H17N3O3S. The number of hydrogen-bond acceptors (Lipinski definition) is 4.